The Balaban J connectivity index is 2.07. The van der Waals surface area contributed by atoms with Crippen molar-refractivity contribution in [3.8, 4) is 11.4 Å². The van der Waals surface area contributed by atoms with Crippen molar-refractivity contribution in [3.05, 3.63) is 60.7 Å². The van der Waals surface area contributed by atoms with Gasteiger partial charge in [-0.15, -0.1) is 0 Å². The van der Waals surface area contributed by atoms with E-state index in [9.17, 15) is 10.2 Å². The number of fused-ring (bicyclic) bond motifs is 2. The van der Waals surface area contributed by atoms with Crippen LogP contribution in [0, 0.1) is 0 Å². The molecule has 4 rings (SSSR count). The number of aliphatic hydroxyl groups excluding tert-OH is 2. The van der Waals surface area contributed by atoms with E-state index in [1.165, 1.54) is 0 Å². The van der Waals surface area contributed by atoms with E-state index >= 15 is 0 Å². The zero-order valence-corrected chi connectivity index (χ0v) is 12.0. The molecule has 0 saturated carbocycles. The summed E-state index contributed by atoms with van der Waals surface area (Å²) < 4.78 is 3.71. The summed E-state index contributed by atoms with van der Waals surface area (Å²) in [5.41, 5.74) is 3.76. The molecule has 0 aliphatic carbocycles. The molecule has 22 heavy (non-hydrogen) atoms. The van der Waals surface area contributed by atoms with E-state index in [4.69, 9.17) is 0 Å². The Morgan fingerprint density at radius 3 is 1.45 bits per heavy atom. The number of hydrogen-bond acceptors (Lipinski definition) is 2. The predicted molar refractivity (Wildman–Crippen MR) is 87.3 cm³/mol. The Kier molecular flexibility index (Phi) is 2.99. The quantitative estimate of drug-likeness (QED) is 0.609. The third-order valence-corrected chi connectivity index (χ3v) is 4.17. The molecule has 0 amide bonds. The second kappa shape index (κ2) is 5.02. The fraction of sp³-hybridized carbons (Fsp3) is 0.111. The first-order valence-electron chi connectivity index (χ1n) is 7.22. The minimum Gasteiger partial charge on any atom is -0.376 e. The van der Waals surface area contributed by atoms with E-state index in [2.05, 4.69) is 0 Å². The Bertz CT molecular complexity index is 886. The van der Waals surface area contributed by atoms with Crippen LogP contribution in [0.2, 0.25) is 0 Å². The molecule has 0 fully saturated rings. The molecule has 110 valence electrons. The Morgan fingerprint density at radius 1 is 0.636 bits per heavy atom. The molecule has 0 spiro atoms. The molecule has 4 nitrogen and oxygen atoms in total. The highest BCUT2D eigenvalue weighted by Crippen LogP contribution is 2.32. The summed E-state index contributed by atoms with van der Waals surface area (Å²) in [6.45, 7) is -0.203. The van der Waals surface area contributed by atoms with E-state index in [0.29, 0.717) is 0 Å². The number of hydrogen-bond donors (Lipinski definition) is 2. The Hall–Kier alpha value is -2.56. The second-order valence-corrected chi connectivity index (χ2v) is 5.32. The van der Waals surface area contributed by atoms with Crippen molar-refractivity contribution in [2.24, 2.45) is 0 Å². The minimum atomic E-state index is -0.101. The first-order valence-corrected chi connectivity index (χ1v) is 7.22. The summed E-state index contributed by atoms with van der Waals surface area (Å²) in [4.78, 5) is 0. The van der Waals surface area contributed by atoms with Crippen LogP contribution >= 0.6 is 0 Å². The molecule has 4 aromatic rings. The molecule has 2 aromatic heterocycles. The van der Waals surface area contributed by atoms with Crippen LogP contribution in [0.25, 0.3) is 33.2 Å². The van der Waals surface area contributed by atoms with Gasteiger partial charge in [-0.2, -0.15) is 0 Å². The fourth-order valence-corrected chi connectivity index (χ4v) is 3.15. The lowest BCUT2D eigenvalue weighted by Gasteiger charge is -2.10. The van der Waals surface area contributed by atoms with Gasteiger partial charge in [-0.3, -0.25) is 0 Å². The third kappa shape index (κ3) is 1.78. The van der Waals surface area contributed by atoms with E-state index in [-0.39, 0.29) is 13.5 Å². The largest absolute Gasteiger partial charge is 0.376 e. The van der Waals surface area contributed by atoms with Gasteiger partial charge in [-0.1, -0.05) is 36.4 Å². The lowest BCUT2D eigenvalue weighted by atomic mass is 10.2. The standard InChI is InChI=1S/C18H16N2O2/c21-11-19-15-7-3-1-5-13(15)9-17(19)18-10-14-6-2-4-8-16(14)20(18)12-22/h1-10,21-22H,11-12H2. The summed E-state index contributed by atoms with van der Waals surface area (Å²) >= 11 is 0. The number of aliphatic hydroxyl groups is 2. The highest BCUT2D eigenvalue weighted by atomic mass is 16.3. The first-order chi connectivity index (χ1) is 10.8. The van der Waals surface area contributed by atoms with E-state index in [1.807, 2.05) is 69.8 Å². The zero-order valence-electron chi connectivity index (χ0n) is 12.0. The lowest BCUT2D eigenvalue weighted by Crippen LogP contribution is -2.04. The van der Waals surface area contributed by atoms with Gasteiger partial charge in [-0.25, -0.2) is 0 Å². The van der Waals surface area contributed by atoms with Gasteiger partial charge in [0.05, 0.1) is 22.4 Å². The molecular formula is C18H16N2O2. The molecule has 0 aliphatic rings. The SMILES string of the molecule is OCn1c(-c2cc3ccccc3n2CO)cc2ccccc21. The summed E-state index contributed by atoms with van der Waals surface area (Å²) in [6.07, 6.45) is 0. The van der Waals surface area contributed by atoms with Crippen LogP contribution in [0.3, 0.4) is 0 Å². The monoisotopic (exact) mass is 292 g/mol. The highest BCUT2D eigenvalue weighted by Gasteiger charge is 2.15. The van der Waals surface area contributed by atoms with Crippen molar-refractivity contribution in [3.63, 3.8) is 0 Å². The molecule has 0 saturated heterocycles. The Labute approximate surface area is 127 Å². The van der Waals surface area contributed by atoms with Crippen molar-refractivity contribution >= 4 is 21.8 Å². The van der Waals surface area contributed by atoms with Crippen LogP contribution in [-0.4, -0.2) is 19.3 Å². The van der Waals surface area contributed by atoms with Gasteiger partial charge in [0.15, 0.2) is 0 Å². The van der Waals surface area contributed by atoms with Crippen LogP contribution < -0.4 is 0 Å². The van der Waals surface area contributed by atoms with Crippen molar-refractivity contribution in [1.29, 1.82) is 0 Å². The van der Waals surface area contributed by atoms with Gasteiger partial charge in [-0.05, 0) is 24.3 Å². The summed E-state index contributed by atoms with van der Waals surface area (Å²) in [6, 6.07) is 20.0. The number of nitrogens with zero attached hydrogens (tertiary/aromatic N) is 2. The van der Waals surface area contributed by atoms with Crippen LogP contribution in [-0.2, 0) is 13.5 Å². The smallest absolute Gasteiger partial charge is 0.120 e. The maximum absolute atomic E-state index is 9.80. The molecule has 0 radical (unpaired) electrons. The molecule has 2 heterocycles. The average molecular weight is 292 g/mol. The number of para-hydroxylation sites is 2. The topological polar surface area (TPSA) is 50.3 Å². The van der Waals surface area contributed by atoms with Crippen molar-refractivity contribution in [1.82, 2.24) is 9.13 Å². The molecule has 0 unspecified atom stereocenters. The highest BCUT2D eigenvalue weighted by molar-refractivity contribution is 5.91. The minimum absolute atomic E-state index is 0.101. The molecule has 2 aromatic carbocycles. The maximum Gasteiger partial charge on any atom is 0.120 e. The second-order valence-electron chi connectivity index (χ2n) is 5.32. The van der Waals surface area contributed by atoms with Gasteiger partial charge in [0.25, 0.3) is 0 Å². The number of benzene rings is 2. The van der Waals surface area contributed by atoms with Gasteiger partial charge in [0.1, 0.15) is 13.5 Å². The fourth-order valence-electron chi connectivity index (χ4n) is 3.15. The van der Waals surface area contributed by atoms with Gasteiger partial charge in [0, 0.05) is 10.8 Å². The third-order valence-electron chi connectivity index (χ3n) is 4.17. The zero-order chi connectivity index (χ0) is 15.1. The lowest BCUT2D eigenvalue weighted by molar-refractivity contribution is 0.211. The van der Waals surface area contributed by atoms with E-state index in [1.54, 1.807) is 0 Å². The van der Waals surface area contributed by atoms with Crippen molar-refractivity contribution in [2.75, 3.05) is 0 Å². The Morgan fingerprint density at radius 2 is 1.05 bits per heavy atom. The predicted octanol–water partition coefficient (Wildman–Crippen LogP) is 3.16. The summed E-state index contributed by atoms with van der Waals surface area (Å²) in [5.74, 6) is 0. The average Bonchev–Trinajstić information content (AvgIpc) is 3.12. The van der Waals surface area contributed by atoms with Gasteiger partial charge in [0.2, 0.25) is 0 Å². The first kappa shape index (κ1) is 13.1. The molecule has 0 bridgehead atoms. The van der Waals surface area contributed by atoms with Gasteiger partial charge < -0.3 is 19.3 Å². The molecule has 4 heteroatoms. The summed E-state index contributed by atoms with van der Waals surface area (Å²) in [7, 11) is 0. The number of rotatable bonds is 3. The van der Waals surface area contributed by atoms with Crippen LogP contribution in [0.5, 0.6) is 0 Å². The molecular weight excluding hydrogens is 276 g/mol. The van der Waals surface area contributed by atoms with Crippen LogP contribution in [0.15, 0.2) is 60.7 Å². The van der Waals surface area contributed by atoms with Gasteiger partial charge >= 0.3 is 0 Å². The van der Waals surface area contributed by atoms with Crippen LogP contribution in [0.4, 0.5) is 0 Å². The maximum atomic E-state index is 9.80. The van der Waals surface area contributed by atoms with E-state index in [0.717, 1.165) is 33.2 Å². The van der Waals surface area contributed by atoms with Crippen molar-refractivity contribution in [2.45, 2.75) is 13.5 Å². The van der Waals surface area contributed by atoms with Crippen molar-refractivity contribution < 1.29 is 10.2 Å². The number of aromatic nitrogens is 2. The van der Waals surface area contributed by atoms with Crippen LogP contribution in [0.1, 0.15) is 0 Å². The summed E-state index contributed by atoms with van der Waals surface area (Å²) in [5, 5.41) is 21.7. The molecule has 0 atom stereocenters. The molecule has 2 N–H and O–H groups in total. The molecule has 0 aliphatic heterocycles. The van der Waals surface area contributed by atoms with E-state index < -0.39 is 0 Å². The normalized spacial score (nSPS) is 11.5.